The summed E-state index contributed by atoms with van der Waals surface area (Å²) in [5.74, 6) is -1.16. The molecule has 0 radical (unpaired) electrons. The lowest BCUT2D eigenvalue weighted by Crippen LogP contribution is -2.43. The smallest absolute Gasteiger partial charge is 0.340 e. The van der Waals surface area contributed by atoms with Crippen LogP contribution >= 0.6 is 0 Å². The molecule has 120 valence electrons. The number of carbonyl (C=O) groups is 3. The van der Waals surface area contributed by atoms with Crippen molar-refractivity contribution < 1.29 is 23.3 Å². The molecule has 1 rings (SSSR count). The van der Waals surface area contributed by atoms with Crippen molar-refractivity contribution >= 4 is 28.7 Å². The van der Waals surface area contributed by atoms with E-state index in [0.29, 0.717) is 10.6 Å². The molecule has 0 unspecified atom stereocenters. The first-order valence-electron chi connectivity index (χ1n) is 6.61. The van der Waals surface area contributed by atoms with Crippen molar-refractivity contribution in [2.24, 2.45) is 0 Å². The first-order chi connectivity index (χ1) is 10.4. The van der Waals surface area contributed by atoms with E-state index in [1.807, 2.05) is 5.32 Å². The van der Waals surface area contributed by atoms with Gasteiger partial charge in [0.25, 0.3) is 5.91 Å². The zero-order valence-corrected chi connectivity index (χ0v) is 13.4. The molecule has 0 fully saturated rings. The Hall–Kier alpha value is -2.22. The van der Waals surface area contributed by atoms with E-state index in [1.54, 1.807) is 25.1 Å². The molecule has 0 spiro atoms. The van der Waals surface area contributed by atoms with Gasteiger partial charge in [-0.3, -0.25) is 14.3 Å². The Bertz CT molecular complexity index is 603. The number of esters is 1. The third-order valence-electron chi connectivity index (χ3n) is 2.73. The van der Waals surface area contributed by atoms with Gasteiger partial charge in [0.05, 0.1) is 21.3 Å². The summed E-state index contributed by atoms with van der Waals surface area (Å²) >= 11 is 0. The Morgan fingerprint density at radius 2 is 1.91 bits per heavy atom. The molecule has 1 aromatic rings. The Kier molecular flexibility index (Phi) is 6.71. The minimum atomic E-state index is -1.32. The lowest BCUT2D eigenvalue weighted by molar-refractivity contribution is -0.127. The van der Waals surface area contributed by atoms with Gasteiger partial charge >= 0.3 is 12.0 Å². The van der Waals surface area contributed by atoms with Crippen LogP contribution in [0, 0.1) is 0 Å². The average molecular weight is 326 g/mol. The van der Waals surface area contributed by atoms with Gasteiger partial charge in [0.1, 0.15) is 0 Å². The first-order valence-corrected chi connectivity index (χ1v) is 7.93. The predicted molar refractivity (Wildman–Crippen MR) is 80.9 cm³/mol. The number of hydrogen-bond donors (Lipinski definition) is 2. The SMILES string of the molecule is CC[S@](=O)c1ccccc1C(=O)O[C@H](C)C(=O)NC(=O)NC. The molecule has 7 nitrogen and oxygen atoms in total. The van der Waals surface area contributed by atoms with Crippen LogP contribution in [-0.4, -0.2) is 41.0 Å². The number of amides is 3. The summed E-state index contributed by atoms with van der Waals surface area (Å²) in [6.07, 6.45) is -1.16. The second kappa shape index (κ2) is 8.28. The maximum atomic E-state index is 12.1. The molecule has 0 aliphatic rings. The summed E-state index contributed by atoms with van der Waals surface area (Å²) in [6.45, 7) is 3.08. The number of ether oxygens (including phenoxy) is 1. The molecule has 0 aromatic heterocycles. The van der Waals surface area contributed by atoms with E-state index in [-0.39, 0.29) is 5.56 Å². The first kappa shape index (κ1) is 17.8. The highest BCUT2D eigenvalue weighted by Crippen LogP contribution is 2.15. The van der Waals surface area contributed by atoms with Crippen molar-refractivity contribution in [1.82, 2.24) is 10.6 Å². The standard InChI is InChI=1S/C14H18N2O5S/c1-4-22(20)11-8-6-5-7-10(11)13(18)21-9(2)12(17)16-14(19)15-3/h5-9H,4H2,1-3H3,(H2,15,16,17,19)/t9-,22+/m1/s1. The molecule has 0 aliphatic heterocycles. The Morgan fingerprint density at radius 1 is 1.27 bits per heavy atom. The van der Waals surface area contributed by atoms with Gasteiger partial charge in [0, 0.05) is 12.8 Å². The van der Waals surface area contributed by atoms with Crippen molar-refractivity contribution in [1.29, 1.82) is 0 Å². The zero-order valence-electron chi connectivity index (χ0n) is 12.5. The highest BCUT2D eigenvalue weighted by atomic mass is 32.2. The Morgan fingerprint density at radius 3 is 2.50 bits per heavy atom. The number of benzene rings is 1. The van der Waals surface area contributed by atoms with Crippen molar-refractivity contribution in [3.05, 3.63) is 29.8 Å². The van der Waals surface area contributed by atoms with Gasteiger partial charge in [-0.2, -0.15) is 0 Å². The average Bonchev–Trinajstić information content (AvgIpc) is 2.53. The molecule has 0 saturated heterocycles. The summed E-state index contributed by atoms with van der Waals surface area (Å²) < 4.78 is 16.9. The lowest BCUT2D eigenvalue weighted by atomic mass is 10.2. The molecule has 2 atom stereocenters. The Balaban J connectivity index is 2.83. The molecule has 3 amide bonds. The lowest BCUT2D eigenvalue weighted by Gasteiger charge is -2.14. The molecule has 1 aromatic carbocycles. The van der Waals surface area contributed by atoms with Crippen LogP contribution in [0.1, 0.15) is 24.2 Å². The minimum Gasteiger partial charge on any atom is -0.449 e. The predicted octanol–water partition coefficient (Wildman–Crippen LogP) is 0.815. The Labute approximate surface area is 130 Å². The van der Waals surface area contributed by atoms with E-state index < -0.39 is 34.8 Å². The van der Waals surface area contributed by atoms with Crippen molar-refractivity contribution in [2.75, 3.05) is 12.8 Å². The largest absolute Gasteiger partial charge is 0.449 e. The second-order valence-corrected chi connectivity index (χ2v) is 5.95. The number of hydrogen-bond acceptors (Lipinski definition) is 5. The van der Waals surface area contributed by atoms with Gasteiger partial charge in [-0.15, -0.1) is 0 Å². The van der Waals surface area contributed by atoms with E-state index in [4.69, 9.17) is 4.74 Å². The molecule has 2 N–H and O–H groups in total. The van der Waals surface area contributed by atoms with Crippen LogP contribution in [0.4, 0.5) is 4.79 Å². The van der Waals surface area contributed by atoms with Gasteiger partial charge < -0.3 is 10.1 Å². The van der Waals surface area contributed by atoms with Crippen LogP contribution in [0.15, 0.2) is 29.2 Å². The summed E-state index contributed by atoms with van der Waals surface area (Å²) in [7, 11) is 0.0327. The molecule has 22 heavy (non-hydrogen) atoms. The molecular weight excluding hydrogens is 308 g/mol. The number of urea groups is 1. The quantitative estimate of drug-likeness (QED) is 0.780. The molecular formula is C14H18N2O5S. The number of nitrogens with one attached hydrogen (secondary N) is 2. The maximum Gasteiger partial charge on any atom is 0.340 e. The zero-order chi connectivity index (χ0) is 16.7. The topological polar surface area (TPSA) is 102 Å². The summed E-state index contributed by atoms with van der Waals surface area (Å²) in [5.41, 5.74) is 0.141. The van der Waals surface area contributed by atoms with E-state index in [0.717, 1.165) is 0 Å². The van der Waals surface area contributed by atoms with Gasteiger partial charge in [-0.25, -0.2) is 9.59 Å². The highest BCUT2D eigenvalue weighted by molar-refractivity contribution is 7.85. The van der Waals surface area contributed by atoms with E-state index in [9.17, 15) is 18.6 Å². The second-order valence-electron chi connectivity index (χ2n) is 4.25. The molecule has 8 heteroatoms. The van der Waals surface area contributed by atoms with E-state index >= 15 is 0 Å². The number of rotatable bonds is 5. The van der Waals surface area contributed by atoms with Crippen LogP contribution in [0.25, 0.3) is 0 Å². The van der Waals surface area contributed by atoms with Crippen LogP contribution in [0.2, 0.25) is 0 Å². The van der Waals surface area contributed by atoms with Crippen LogP contribution < -0.4 is 10.6 Å². The van der Waals surface area contributed by atoms with E-state index in [1.165, 1.54) is 20.0 Å². The fraction of sp³-hybridized carbons (Fsp3) is 0.357. The fourth-order valence-corrected chi connectivity index (χ4v) is 2.48. The van der Waals surface area contributed by atoms with Crippen molar-refractivity contribution in [3.8, 4) is 0 Å². The fourth-order valence-electron chi connectivity index (χ4n) is 1.54. The van der Waals surface area contributed by atoms with Crippen LogP contribution in [0.5, 0.6) is 0 Å². The number of imide groups is 1. The molecule has 0 heterocycles. The highest BCUT2D eigenvalue weighted by Gasteiger charge is 2.23. The van der Waals surface area contributed by atoms with Gasteiger partial charge in [-0.05, 0) is 19.1 Å². The third kappa shape index (κ3) is 4.66. The van der Waals surface area contributed by atoms with Crippen molar-refractivity contribution in [2.45, 2.75) is 24.8 Å². The normalized spacial score (nSPS) is 12.9. The third-order valence-corrected chi connectivity index (χ3v) is 4.10. The van der Waals surface area contributed by atoms with E-state index in [2.05, 4.69) is 5.32 Å². The van der Waals surface area contributed by atoms with Crippen LogP contribution in [-0.2, 0) is 20.3 Å². The molecule has 0 aliphatic carbocycles. The minimum absolute atomic E-state index is 0.141. The van der Waals surface area contributed by atoms with Gasteiger partial charge in [-0.1, -0.05) is 19.1 Å². The maximum absolute atomic E-state index is 12.1. The summed E-state index contributed by atoms with van der Waals surface area (Å²) in [5, 5.41) is 4.22. The van der Waals surface area contributed by atoms with Gasteiger partial charge in [0.15, 0.2) is 6.10 Å². The van der Waals surface area contributed by atoms with Crippen molar-refractivity contribution in [3.63, 3.8) is 0 Å². The van der Waals surface area contributed by atoms with Crippen LogP contribution in [0.3, 0.4) is 0 Å². The molecule has 0 bridgehead atoms. The molecule has 0 saturated carbocycles. The monoisotopic (exact) mass is 326 g/mol. The van der Waals surface area contributed by atoms with Gasteiger partial charge in [0.2, 0.25) is 0 Å². The summed E-state index contributed by atoms with van der Waals surface area (Å²) in [4.78, 5) is 35.2. The number of carbonyl (C=O) groups excluding carboxylic acids is 3. The summed E-state index contributed by atoms with van der Waals surface area (Å²) in [6, 6.07) is 5.64.